The lowest BCUT2D eigenvalue weighted by atomic mass is 10.1. The molecule has 1 atom stereocenters. The van der Waals surface area contributed by atoms with Crippen LogP contribution in [0.2, 0.25) is 0 Å². The van der Waals surface area contributed by atoms with Gasteiger partial charge in [-0.2, -0.15) is 0 Å². The molecule has 1 N–H and O–H groups in total. The van der Waals surface area contributed by atoms with E-state index >= 15 is 0 Å². The van der Waals surface area contributed by atoms with Gasteiger partial charge >= 0.3 is 11.9 Å². The summed E-state index contributed by atoms with van der Waals surface area (Å²) >= 11 is 3.19. The molecule has 1 unspecified atom stereocenters. The van der Waals surface area contributed by atoms with Crippen LogP contribution in [0.5, 0.6) is 0 Å². The number of nitrogens with zero attached hydrogens (tertiary/aromatic N) is 1. The number of hydrogen-bond donors (Lipinski definition) is 1. The summed E-state index contributed by atoms with van der Waals surface area (Å²) in [6.45, 7) is 10.4. The van der Waals surface area contributed by atoms with Crippen LogP contribution < -0.4 is 5.32 Å². The fourth-order valence-corrected chi connectivity index (χ4v) is 2.59. The van der Waals surface area contributed by atoms with Gasteiger partial charge in [0, 0.05) is 17.0 Å². The molecule has 0 bridgehead atoms. The molecule has 0 aliphatic rings. The summed E-state index contributed by atoms with van der Waals surface area (Å²) < 4.78 is 11.2. The number of benzene rings is 1. The number of carbonyl (C=O) groups excluding carboxylic acids is 2. The van der Waals surface area contributed by atoms with E-state index in [9.17, 15) is 19.7 Å². The number of ether oxygens (including phenoxy) is 2. The Morgan fingerprint density at radius 1 is 1.14 bits per heavy atom. The molecule has 156 valence electrons. The molecule has 1 rings (SSSR count). The number of hydrogen-bond acceptors (Lipinski definition) is 7. The Morgan fingerprint density at radius 2 is 1.71 bits per heavy atom. The van der Waals surface area contributed by atoms with Gasteiger partial charge in [-0.3, -0.25) is 14.9 Å². The lowest BCUT2D eigenvalue weighted by Gasteiger charge is -2.25. The molecule has 0 saturated heterocycles. The predicted molar refractivity (Wildman–Crippen MR) is 109 cm³/mol. The molecule has 8 nitrogen and oxygen atoms in total. The molecule has 0 aromatic heterocycles. The Hall–Kier alpha value is -2.16. The van der Waals surface area contributed by atoms with Gasteiger partial charge in [-0.1, -0.05) is 15.9 Å². The molecule has 0 spiro atoms. The number of esters is 2. The first-order chi connectivity index (χ1) is 12.7. The largest absolute Gasteiger partial charge is 0.460 e. The Labute approximate surface area is 173 Å². The summed E-state index contributed by atoms with van der Waals surface area (Å²) in [5, 5.41) is 14.2. The molecular weight excluding hydrogens is 432 g/mol. The van der Waals surface area contributed by atoms with Crippen LogP contribution in [0.4, 0.5) is 11.4 Å². The maximum absolute atomic E-state index is 12.6. The Morgan fingerprint density at radius 3 is 2.21 bits per heavy atom. The van der Waals surface area contributed by atoms with Crippen LogP contribution >= 0.6 is 15.9 Å². The lowest BCUT2D eigenvalue weighted by molar-refractivity contribution is -0.384. The van der Waals surface area contributed by atoms with Gasteiger partial charge in [-0.15, -0.1) is 0 Å². The van der Waals surface area contributed by atoms with Crippen LogP contribution in [0.25, 0.3) is 0 Å². The highest BCUT2D eigenvalue weighted by molar-refractivity contribution is 9.10. The van der Waals surface area contributed by atoms with Crippen LogP contribution in [0, 0.1) is 10.1 Å². The Kier molecular flexibility index (Phi) is 7.98. The first kappa shape index (κ1) is 23.9. The van der Waals surface area contributed by atoms with Gasteiger partial charge < -0.3 is 14.8 Å². The minimum absolute atomic E-state index is 0.0431. The molecule has 0 aliphatic heterocycles. The van der Waals surface area contributed by atoms with Crippen molar-refractivity contribution in [2.24, 2.45) is 0 Å². The van der Waals surface area contributed by atoms with E-state index in [2.05, 4.69) is 21.2 Å². The van der Waals surface area contributed by atoms with Crippen molar-refractivity contribution in [1.82, 2.24) is 0 Å². The summed E-state index contributed by atoms with van der Waals surface area (Å²) in [5.74, 6) is -1.07. The highest BCUT2D eigenvalue weighted by atomic mass is 79.9. The van der Waals surface area contributed by atoms with Gasteiger partial charge in [0.1, 0.15) is 22.9 Å². The maximum Gasteiger partial charge on any atom is 0.329 e. The second-order valence-electron chi connectivity index (χ2n) is 8.27. The number of halogens is 1. The smallest absolute Gasteiger partial charge is 0.329 e. The Bertz CT molecular complexity index is 737. The molecule has 0 heterocycles. The van der Waals surface area contributed by atoms with Crippen molar-refractivity contribution in [2.75, 3.05) is 5.32 Å². The molecular formula is C19H27BrN2O6. The molecule has 1 aromatic carbocycles. The summed E-state index contributed by atoms with van der Waals surface area (Å²) in [5.41, 5.74) is -1.42. The first-order valence-corrected chi connectivity index (χ1v) is 9.62. The van der Waals surface area contributed by atoms with Crippen molar-refractivity contribution in [2.45, 2.75) is 71.6 Å². The van der Waals surface area contributed by atoms with E-state index in [4.69, 9.17) is 9.47 Å². The summed E-state index contributed by atoms with van der Waals surface area (Å²) in [6.07, 6.45) is 0.0234. The van der Waals surface area contributed by atoms with Crippen molar-refractivity contribution in [3.8, 4) is 0 Å². The second-order valence-corrected chi connectivity index (χ2v) is 9.19. The van der Waals surface area contributed by atoms with Crippen molar-refractivity contribution in [3.05, 3.63) is 32.8 Å². The zero-order valence-electron chi connectivity index (χ0n) is 17.0. The number of nitro benzene ring substituents is 1. The van der Waals surface area contributed by atoms with E-state index in [0.29, 0.717) is 4.47 Å². The normalized spacial score (nSPS) is 12.8. The number of rotatable bonds is 7. The van der Waals surface area contributed by atoms with Gasteiger partial charge in [0.25, 0.3) is 5.69 Å². The minimum Gasteiger partial charge on any atom is -0.460 e. The van der Waals surface area contributed by atoms with Crippen LogP contribution in [0.15, 0.2) is 22.7 Å². The van der Waals surface area contributed by atoms with Gasteiger partial charge in [0.05, 0.1) is 4.92 Å². The zero-order valence-corrected chi connectivity index (χ0v) is 18.6. The number of nitrogens with one attached hydrogen (secondary N) is 1. The van der Waals surface area contributed by atoms with E-state index in [1.54, 1.807) is 47.6 Å². The second kappa shape index (κ2) is 9.36. The molecule has 0 saturated carbocycles. The van der Waals surface area contributed by atoms with Gasteiger partial charge in [-0.05, 0) is 60.1 Å². The zero-order chi connectivity index (χ0) is 21.7. The van der Waals surface area contributed by atoms with E-state index < -0.39 is 34.1 Å². The van der Waals surface area contributed by atoms with Gasteiger partial charge in [-0.25, -0.2) is 4.79 Å². The molecule has 28 heavy (non-hydrogen) atoms. The van der Waals surface area contributed by atoms with Crippen molar-refractivity contribution in [3.63, 3.8) is 0 Å². The third kappa shape index (κ3) is 8.69. The number of anilines is 1. The van der Waals surface area contributed by atoms with E-state index in [0.717, 1.165) is 0 Å². The third-order valence-corrected chi connectivity index (χ3v) is 3.73. The average molecular weight is 459 g/mol. The molecule has 9 heteroatoms. The van der Waals surface area contributed by atoms with E-state index in [-0.39, 0.29) is 24.2 Å². The molecule has 0 fully saturated rings. The molecule has 0 amide bonds. The van der Waals surface area contributed by atoms with Crippen LogP contribution in [-0.2, 0) is 19.1 Å². The summed E-state index contributed by atoms with van der Waals surface area (Å²) in [4.78, 5) is 35.4. The topological polar surface area (TPSA) is 108 Å². The van der Waals surface area contributed by atoms with Crippen LogP contribution in [0.1, 0.15) is 54.4 Å². The summed E-state index contributed by atoms with van der Waals surface area (Å²) in [6, 6.07) is 3.50. The molecule has 0 aliphatic carbocycles. The highest BCUT2D eigenvalue weighted by Gasteiger charge is 2.29. The predicted octanol–water partition coefficient (Wildman–Crippen LogP) is 4.60. The average Bonchev–Trinajstić information content (AvgIpc) is 2.48. The fourth-order valence-electron chi connectivity index (χ4n) is 2.24. The van der Waals surface area contributed by atoms with Crippen LogP contribution in [-0.4, -0.2) is 34.1 Å². The SMILES string of the molecule is CC(C)(C)OC(=O)CCC(Nc1ccc(Br)cc1[N+](=O)[O-])C(=O)OC(C)(C)C. The quantitative estimate of drug-likeness (QED) is 0.361. The Balaban J connectivity index is 3.03. The third-order valence-electron chi connectivity index (χ3n) is 3.23. The summed E-state index contributed by atoms with van der Waals surface area (Å²) in [7, 11) is 0. The van der Waals surface area contributed by atoms with E-state index in [1.165, 1.54) is 12.1 Å². The fraction of sp³-hybridized carbons (Fsp3) is 0.579. The number of carbonyl (C=O) groups is 2. The lowest BCUT2D eigenvalue weighted by Crippen LogP contribution is -2.37. The van der Waals surface area contributed by atoms with Crippen molar-refractivity contribution in [1.29, 1.82) is 0 Å². The first-order valence-electron chi connectivity index (χ1n) is 8.83. The van der Waals surface area contributed by atoms with Crippen LogP contribution in [0.3, 0.4) is 0 Å². The number of nitro groups is 1. The molecule has 1 aromatic rings. The van der Waals surface area contributed by atoms with E-state index in [1.807, 2.05) is 0 Å². The van der Waals surface area contributed by atoms with Crippen molar-refractivity contribution < 1.29 is 24.0 Å². The standard InChI is InChI=1S/C19H27BrN2O6/c1-18(2,3)27-16(23)10-9-14(17(24)28-19(4,5)6)21-13-8-7-12(20)11-15(13)22(25)26/h7-8,11,14,21H,9-10H2,1-6H3. The maximum atomic E-state index is 12.6. The van der Waals surface area contributed by atoms with Gasteiger partial charge in [0.15, 0.2) is 0 Å². The molecule has 0 radical (unpaired) electrons. The van der Waals surface area contributed by atoms with Crippen molar-refractivity contribution >= 4 is 39.2 Å². The highest BCUT2D eigenvalue weighted by Crippen LogP contribution is 2.29. The minimum atomic E-state index is -0.952. The monoisotopic (exact) mass is 458 g/mol. The van der Waals surface area contributed by atoms with Gasteiger partial charge in [0.2, 0.25) is 0 Å².